The summed E-state index contributed by atoms with van der Waals surface area (Å²) in [5, 5.41) is 14.2. The predicted octanol–water partition coefficient (Wildman–Crippen LogP) is 2.30. The van der Waals surface area contributed by atoms with Crippen molar-refractivity contribution in [3.05, 3.63) is 34.9 Å². The van der Waals surface area contributed by atoms with Crippen LogP contribution >= 0.6 is 23.4 Å². The van der Waals surface area contributed by atoms with E-state index in [1.807, 2.05) is 36.0 Å². The highest BCUT2D eigenvalue weighted by Crippen LogP contribution is 2.27. The molecule has 2 N–H and O–H groups in total. The molecule has 1 aromatic carbocycles. The summed E-state index contributed by atoms with van der Waals surface area (Å²) in [6.45, 7) is 1.36. The van der Waals surface area contributed by atoms with Gasteiger partial charge in [-0.1, -0.05) is 29.8 Å². The van der Waals surface area contributed by atoms with Gasteiger partial charge in [0.15, 0.2) is 0 Å². The molecule has 2 rings (SSSR count). The van der Waals surface area contributed by atoms with E-state index in [4.69, 9.17) is 11.6 Å². The minimum atomic E-state index is -0.522. The van der Waals surface area contributed by atoms with Crippen molar-refractivity contribution in [2.24, 2.45) is 0 Å². The number of rotatable bonds is 4. The Hall–Kier alpha value is -0.220. The van der Waals surface area contributed by atoms with Gasteiger partial charge in [0.25, 0.3) is 0 Å². The highest BCUT2D eigenvalue weighted by Gasteiger charge is 2.30. The molecule has 1 aliphatic rings. The average Bonchev–Trinajstić information content (AvgIpc) is 2.68. The average molecular weight is 258 g/mol. The van der Waals surface area contributed by atoms with Crippen molar-refractivity contribution < 1.29 is 5.11 Å². The monoisotopic (exact) mass is 257 g/mol. The molecule has 1 aliphatic heterocycles. The molecule has 1 aromatic rings. The smallest absolute Gasteiger partial charge is 0.0869 e. The van der Waals surface area contributed by atoms with Crippen molar-refractivity contribution in [2.45, 2.75) is 18.6 Å². The lowest BCUT2D eigenvalue weighted by atomic mass is 10.0. The van der Waals surface area contributed by atoms with Crippen LogP contribution in [0.3, 0.4) is 0 Å². The number of benzene rings is 1. The van der Waals surface area contributed by atoms with E-state index in [1.54, 1.807) is 0 Å². The zero-order valence-electron chi connectivity index (χ0n) is 9.08. The van der Waals surface area contributed by atoms with Crippen molar-refractivity contribution in [3.8, 4) is 0 Å². The molecule has 4 heteroatoms. The number of halogens is 1. The second kappa shape index (κ2) is 5.41. The summed E-state index contributed by atoms with van der Waals surface area (Å²) in [7, 11) is 0. The van der Waals surface area contributed by atoms with Crippen LogP contribution in [0.5, 0.6) is 0 Å². The first-order valence-electron chi connectivity index (χ1n) is 5.44. The van der Waals surface area contributed by atoms with E-state index in [0.717, 1.165) is 28.5 Å². The van der Waals surface area contributed by atoms with Gasteiger partial charge in [0.05, 0.1) is 5.60 Å². The summed E-state index contributed by atoms with van der Waals surface area (Å²) >= 11 is 7.86. The quantitative estimate of drug-likeness (QED) is 0.868. The van der Waals surface area contributed by atoms with E-state index >= 15 is 0 Å². The molecule has 0 aromatic heterocycles. The SMILES string of the molecule is OC1(CNCc2ccccc2Cl)CCSC1. The predicted molar refractivity (Wildman–Crippen MR) is 70.1 cm³/mol. The maximum absolute atomic E-state index is 10.1. The maximum Gasteiger partial charge on any atom is 0.0869 e. The highest BCUT2D eigenvalue weighted by atomic mass is 35.5. The summed E-state index contributed by atoms with van der Waals surface area (Å²) in [5.74, 6) is 1.90. The number of aliphatic hydroxyl groups is 1. The molecule has 2 nitrogen and oxygen atoms in total. The Bertz CT molecular complexity index is 353. The third kappa shape index (κ3) is 3.14. The third-order valence-electron chi connectivity index (χ3n) is 2.81. The van der Waals surface area contributed by atoms with Gasteiger partial charge in [-0.05, 0) is 23.8 Å². The highest BCUT2D eigenvalue weighted by molar-refractivity contribution is 7.99. The normalized spacial score (nSPS) is 24.9. The van der Waals surface area contributed by atoms with Crippen LogP contribution < -0.4 is 5.32 Å². The molecule has 0 radical (unpaired) electrons. The van der Waals surface area contributed by atoms with Crippen LogP contribution in [-0.2, 0) is 6.54 Å². The second-order valence-electron chi connectivity index (χ2n) is 4.22. The topological polar surface area (TPSA) is 32.3 Å². The van der Waals surface area contributed by atoms with Crippen LogP contribution in [0.15, 0.2) is 24.3 Å². The molecule has 16 heavy (non-hydrogen) atoms. The zero-order valence-corrected chi connectivity index (χ0v) is 10.7. The number of thioether (sulfide) groups is 1. The van der Waals surface area contributed by atoms with Gasteiger partial charge in [0.1, 0.15) is 0 Å². The van der Waals surface area contributed by atoms with E-state index in [1.165, 1.54) is 0 Å². The van der Waals surface area contributed by atoms with Crippen LogP contribution in [0, 0.1) is 0 Å². The van der Waals surface area contributed by atoms with Gasteiger partial charge >= 0.3 is 0 Å². The largest absolute Gasteiger partial charge is 0.388 e. The van der Waals surface area contributed by atoms with E-state index < -0.39 is 5.60 Å². The lowest BCUT2D eigenvalue weighted by Gasteiger charge is -2.21. The van der Waals surface area contributed by atoms with Gasteiger partial charge in [-0.2, -0.15) is 11.8 Å². The Morgan fingerprint density at radius 2 is 2.25 bits per heavy atom. The Kier molecular flexibility index (Phi) is 4.14. The second-order valence-corrected chi connectivity index (χ2v) is 5.73. The summed E-state index contributed by atoms with van der Waals surface area (Å²) in [6, 6.07) is 7.79. The summed E-state index contributed by atoms with van der Waals surface area (Å²) in [4.78, 5) is 0. The molecular formula is C12H16ClNOS. The summed E-state index contributed by atoms with van der Waals surface area (Å²) in [6.07, 6.45) is 0.882. The summed E-state index contributed by atoms with van der Waals surface area (Å²) in [5.41, 5.74) is 0.560. The fourth-order valence-electron chi connectivity index (χ4n) is 1.81. The van der Waals surface area contributed by atoms with E-state index in [9.17, 15) is 5.11 Å². The first-order chi connectivity index (χ1) is 7.70. The van der Waals surface area contributed by atoms with Crippen molar-refractivity contribution in [3.63, 3.8) is 0 Å². The van der Waals surface area contributed by atoms with Crippen molar-refractivity contribution >= 4 is 23.4 Å². The van der Waals surface area contributed by atoms with Crippen LogP contribution in [0.1, 0.15) is 12.0 Å². The van der Waals surface area contributed by atoms with Crippen molar-refractivity contribution in [2.75, 3.05) is 18.1 Å². The molecule has 0 amide bonds. The zero-order chi connectivity index (χ0) is 11.4. The Balaban J connectivity index is 1.82. The van der Waals surface area contributed by atoms with Crippen molar-refractivity contribution in [1.82, 2.24) is 5.32 Å². The van der Waals surface area contributed by atoms with E-state index in [0.29, 0.717) is 13.1 Å². The molecule has 88 valence electrons. The van der Waals surface area contributed by atoms with Gasteiger partial charge in [-0.15, -0.1) is 0 Å². The minimum absolute atomic E-state index is 0.522. The van der Waals surface area contributed by atoms with Crippen LogP contribution in [-0.4, -0.2) is 28.8 Å². The molecule has 0 spiro atoms. The molecule has 0 bridgehead atoms. The fourth-order valence-corrected chi connectivity index (χ4v) is 3.31. The molecule has 1 saturated heterocycles. The third-order valence-corrected chi connectivity index (χ3v) is 4.41. The molecule has 1 unspecified atom stereocenters. The fraction of sp³-hybridized carbons (Fsp3) is 0.500. The molecule has 1 atom stereocenters. The van der Waals surface area contributed by atoms with Gasteiger partial charge in [0, 0.05) is 23.9 Å². The van der Waals surface area contributed by atoms with Gasteiger partial charge in [-0.25, -0.2) is 0 Å². The Morgan fingerprint density at radius 1 is 1.44 bits per heavy atom. The lowest BCUT2D eigenvalue weighted by Crippen LogP contribution is -2.40. The first-order valence-corrected chi connectivity index (χ1v) is 6.97. The van der Waals surface area contributed by atoms with Crippen LogP contribution in [0.25, 0.3) is 0 Å². The molecule has 0 aliphatic carbocycles. The standard InChI is InChI=1S/C12H16ClNOS/c13-11-4-2-1-3-10(11)7-14-8-12(15)5-6-16-9-12/h1-4,14-15H,5-9H2. The first kappa shape index (κ1) is 12.2. The Labute approximate surface area is 105 Å². The maximum atomic E-state index is 10.1. The number of nitrogens with one attached hydrogen (secondary N) is 1. The number of hydrogen-bond acceptors (Lipinski definition) is 3. The minimum Gasteiger partial charge on any atom is -0.388 e. The number of hydrogen-bond donors (Lipinski definition) is 2. The van der Waals surface area contributed by atoms with Crippen LogP contribution in [0.2, 0.25) is 5.02 Å². The van der Waals surface area contributed by atoms with E-state index in [2.05, 4.69) is 5.32 Å². The van der Waals surface area contributed by atoms with Crippen molar-refractivity contribution in [1.29, 1.82) is 0 Å². The van der Waals surface area contributed by atoms with Gasteiger partial charge < -0.3 is 10.4 Å². The Morgan fingerprint density at radius 3 is 2.94 bits per heavy atom. The molecular weight excluding hydrogens is 242 g/mol. The molecule has 1 fully saturated rings. The van der Waals surface area contributed by atoms with Crippen LogP contribution in [0.4, 0.5) is 0 Å². The van der Waals surface area contributed by atoms with E-state index in [-0.39, 0.29) is 0 Å². The molecule has 1 heterocycles. The van der Waals surface area contributed by atoms with Gasteiger partial charge in [0.2, 0.25) is 0 Å². The lowest BCUT2D eigenvalue weighted by molar-refractivity contribution is 0.0675. The van der Waals surface area contributed by atoms with Gasteiger partial charge in [-0.3, -0.25) is 0 Å². The summed E-state index contributed by atoms with van der Waals surface area (Å²) < 4.78 is 0. The molecule has 0 saturated carbocycles.